The summed E-state index contributed by atoms with van der Waals surface area (Å²) in [7, 11) is -3.49. The number of nitrogens with zero attached hydrogens (tertiary/aromatic N) is 2. The predicted molar refractivity (Wildman–Crippen MR) is 125 cm³/mol. The van der Waals surface area contributed by atoms with Crippen LogP contribution in [0, 0.1) is 0 Å². The summed E-state index contributed by atoms with van der Waals surface area (Å²) in [4.78, 5) is 0. The average Bonchev–Trinajstić information content (AvgIpc) is 3.32. The Bertz CT molecular complexity index is 1310. The summed E-state index contributed by atoms with van der Waals surface area (Å²) in [5.41, 5.74) is 4.33. The van der Waals surface area contributed by atoms with Gasteiger partial charge in [-0.15, -0.1) is 0 Å². The number of benzene rings is 3. The van der Waals surface area contributed by atoms with E-state index in [2.05, 4.69) is 22.8 Å². The zero-order valence-electron chi connectivity index (χ0n) is 17.5. The molecule has 1 N–H and O–H groups in total. The minimum absolute atomic E-state index is 0.0681. The largest absolute Gasteiger partial charge is 0.390 e. The van der Waals surface area contributed by atoms with E-state index in [1.165, 1.54) is 16.1 Å². The minimum Gasteiger partial charge on any atom is -0.390 e. The Morgan fingerprint density at radius 1 is 0.968 bits per heavy atom. The second-order valence-corrected chi connectivity index (χ2v) is 10.3. The number of aliphatic hydroxyl groups excluding tert-OH is 1. The first-order valence-corrected chi connectivity index (χ1v) is 12.5. The second-order valence-electron chi connectivity index (χ2n) is 8.38. The number of rotatable bonds is 6. The van der Waals surface area contributed by atoms with Gasteiger partial charge in [-0.05, 0) is 36.1 Å². The molecule has 4 aromatic rings. The van der Waals surface area contributed by atoms with Crippen molar-refractivity contribution in [2.24, 2.45) is 0 Å². The number of sulfonamides is 1. The fourth-order valence-electron chi connectivity index (χ4n) is 5.00. The van der Waals surface area contributed by atoms with Crippen LogP contribution in [0.2, 0.25) is 0 Å². The number of hydrogen-bond acceptors (Lipinski definition) is 3. The Labute approximate surface area is 182 Å². The van der Waals surface area contributed by atoms with Gasteiger partial charge in [0.25, 0.3) is 0 Å². The average molecular weight is 435 g/mol. The molecule has 6 heteroatoms. The molecule has 1 aliphatic carbocycles. The lowest BCUT2D eigenvalue weighted by Crippen LogP contribution is -2.40. The van der Waals surface area contributed by atoms with Gasteiger partial charge in [0.1, 0.15) is 0 Å². The van der Waals surface area contributed by atoms with Crippen molar-refractivity contribution in [2.45, 2.75) is 31.5 Å². The fourth-order valence-corrected chi connectivity index (χ4v) is 6.13. The Kier molecular flexibility index (Phi) is 5.08. The molecule has 2 unspecified atom stereocenters. The van der Waals surface area contributed by atoms with E-state index >= 15 is 0 Å². The lowest BCUT2D eigenvalue weighted by molar-refractivity contribution is 0.118. The molecule has 1 aromatic heterocycles. The van der Waals surface area contributed by atoms with Crippen LogP contribution in [0.25, 0.3) is 21.8 Å². The van der Waals surface area contributed by atoms with Crippen LogP contribution >= 0.6 is 0 Å². The van der Waals surface area contributed by atoms with E-state index in [-0.39, 0.29) is 12.6 Å². The maximum Gasteiger partial charge on any atom is 0.211 e. The monoisotopic (exact) mass is 434 g/mol. The van der Waals surface area contributed by atoms with Crippen LogP contribution in [-0.4, -0.2) is 41.3 Å². The van der Waals surface area contributed by atoms with Gasteiger partial charge in [-0.25, -0.2) is 8.42 Å². The summed E-state index contributed by atoms with van der Waals surface area (Å²) in [5, 5.41) is 13.3. The molecule has 0 spiro atoms. The summed E-state index contributed by atoms with van der Waals surface area (Å²) >= 11 is 0. The molecule has 5 rings (SSSR count). The van der Waals surface area contributed by atoms with E-state index < -0.39 is 16.1 Å². The Balaban J connectivity index is 1.47. The number of hydrogen-bond donors (Lipinski definition) is 1. The maximum atomic E-state index is 12.7. The fraction of sp³-hybridized carbons (Fsp3) is 0.280. The standard InChI is InChI=1S/C25H26N2O3S/c1-31(29,30)27(25-15-14-18-8-2-3-9-20(18)25)17-19(28)16-26-23-12-6-4-10-21(23)22-11-5-7-13-24(22)26/h2-13,19,25,28H,14-17H2,1H3. The summed E-state index contributed by atoms with van der Waals surface area (Å²) in [6, 6.07) is 24.0. The Morgan fingerprint density at radius 2 is 1.55 bits per heavy atom. The molecule has 0 bridgehead atoms. The van der Waals surface area contributed by atoms with Crippen LogP contribution in [0.5, 0.6) is 0 Å². The maximum absolute atomic E-state index is 12.7. The molecule has 0 saturated carbocycles. The highest BCUT2D eigenvalue weighted by Gasteiger charge is 2.34. The van der Waals surface area contributed by atoms with Gasteiger partial charge in [0.05, 0.1) is 24.9 Å². The number of aliphatic hydroxyl groups is 1. The van der Waals surface area contributed by atoms with Gasteiger partial charge in [-0.3, -0.25) is 0 Å². The Morgan fingerprint density at radius 3 is 2.19 bits per heavy atom. The summed E-state index contributed by atoms with van der Waals surface area (Å²) in [5.74, 6) is 0. The minimum atomic E-state index is -3.49. The van der Waals surface area contributed by atoms with Crippen LogP contribution in [0.1, 0.15) is 23.6 Å². The predicted octanol–water partition coefficient (Wildman–Crippen LogP) is 4.10. The van der Waals surface area contributed by atoms with Crippen molar-refractivity contribution < 1.29 is 13.5 Å². The molecule has 3 aromatic carbocycles. The first kappa shape index (κ1) is 20.2. The first-order valence-electron chi connectivity index (χ1n) is 10.6. The quantitative estimate of drug-likeness (QED) is 0.497. The third-order valence-corrected chi connectivity index (χ3v) is 7.59. The highest BCUT2D eigenvalue weighted by molar-refractivity contribution is 7.88. The van der Waals surface area contributed by atoms with E-state index in [9.17, 15) is 13.5 Å². The summed E-state index contributed by atoms with van der Waals surface area (Å²) in [6.45, 7) is 0.396. The van der Waals surface area contributed by atoms with Crippen molar-refractivity contribution in [1.29, 1.82) is 0 Å². The molecule has 2 atom stereocenters. The smallest absolute Gasteiger partial charge is 0.211 e. The van der Waals surface area contributed by atoms with Gasteiger partial charge in [-0.2, -0.15) is 4.31 Å². The van der Waals surface area contributed by atoms with Crippen molar-refractivity contribution in [1.82, 2.24) is 8.87 Å². The van der Waals surface area contributed by atoms with Crippen molar-refractivity contribution in [3.8, 4) is 0 Å². The normalized spacial score (nSPS) is 17.5. The number of aryl methyl sites for hydroxylation is 1. The van der Waals surface area contributed by atoms with Gasteiger partial charge in [-0.1, -0.05) is 60.7 Å². The molecule has 0 radical (unpaired) electrons. The van der Waals surface area contributed by atoms with Gasteiger partial charge in [0.2, 0.25) is 10.0 Å². The SMILES string of the molecule is CS(=O)(=O)N(CC(O)Cn1c2ccccc2c2ccccc21)C1CCc2ccccc21. The molecule has 0 amide bonds. The summed E-state index contributed by atoms with van der Waals surface area (Å²) in [6.07, 6.45) is 2.01. The molecular weight excluding hydrogens is 408 g/mol. The molecular formula is C25H26N2O3S. The van der Waals surface area contributed by atoms with Crippen LogP contribution in [-0.2, 0) is 23.0 Å². The molecule has 0 saturated heterocycles. The second kappa shape index (κ2) is 7.79. The van der Waals surface area contributed by atoms with Crippen molar-refractivity contribution in [2.75, 3.05) is 12.8 Å². The third-order valence-electron chi connectivity index (χ3n) is 6.34. The van der Waals surface area contributed by atoms with Gasteiger partial charge in [0, 0.05) is 28.4 Å². The van der Waals surface area contributed by atoms with Gasteiger partial charge >= 0.3 is 0 Å². The zero-order valence-corrected chi connectivity index (χ0v) is 18.3. The van der Waals surface area contributed by atoms with Crippen molar-refractivity contribution >= 4 is 31.8 Å². The van der Waals surface area contributed by atoms with Gasteiger partial charge in [0.15, 0.2) is 0 Å². The number of aromatic nitrogens is 1. The van der Waals surface area contributed by atoms with Crippen LogP contribution in [0.15, 0.2) is 72.8 Å². The molecule has 1 heterocycles. The third kappa shape index (κ3) is 3.65. The van der Waals surface area contributed by atoms with E-state index in [0.29, 0.717) is 6.54 Å². The van der Waals surface area contributed by atoms with Crippen LogP contribution < -0.4 is 0 Å². The van der Waals surface area contributed by atoms with E-state index in [0.717, 1.165) is 40.2 Å². The molecule has 0 fully saturated rings. The lowest BCUT2D eigenvalue weighted by Gasteiger charge is -2.29. The lowest BCUT2D eigenvalue weighted by atomic mass is 10.1. The van der Waals surface area contributed by atoms with Gasteiger partial charge < -0.3 is 9.67 Å². The Hall–Kier alpha value is -2.67. The van der Waals surface area contributed by atoms with E-state index in [1.54, 1.807) is 0 Å². The highest BCUT2D eigenvalue weighted by atomic mass is 32.2. The van der Waals surface area contributed by atoms with Crippen molar-refractivity contribution in [3.05, 3.63) is 83.9 Å². The molecule has 5 nitrogen and oxygen atoms in total. The molecule has 1 aliphatic rings. The van der Waals surface area contributed by atoms with Crippen LogP contribution in [0.4, 0.5) is 0 Å². The molecule has 160 valence electrons. The molecule has 0 aliphatic heterocycles. The summed E-state index contributed by atoms with van der Waals surface area (Å²) < 4.78 is 29.0. The first-order chi connectivity index (χ1) is 14.9. The molecule has 31 heavy (non-hydrogen) atoms. The van der Waals surface area contributed by atoms with Crippen molar-refractivity contribution in [3.63, 3.8) is 0 Å². The zero-order chi connectivity index (χ0) is 21.6. The van der Waals surface area contributed by atoms with E-state index in [4.69, 9.17) is 0 Å². The number of para-hydroxylation sites is 2. The number of fused-ring (bicyclic) bond motifs is 4. The topological polar surface area (TPSA) is 62.5 Å². The van der Waals surface area contributed by atoms with Crippen LogP contribution in [0.3, 0.4) is 0 Å². The highest BCUT2D eigenvalue weighted by Crippen LogP contribution is 2.37. The van der Waals surface area contributed by atoms with E-state index in [1.807, 2.05) is 54.6 Å².